The number of fused-ring (bicyclic) bond motifs is 2. The van der Waals surface area contributed by atoms with Crippen LogP contribution in [0.3, 0.4) is 0 Å². The van der Waals surface area contributed by atoms with E-state index >= 15 is 0 Å². The van der Waals surface area contributed by atoms with Gasteiger partial charge in [-0.15, -0.1) is 0 Å². The quantitative estimate of drug-likeness (QED) is 0.543. The maximum atomic E-state index is 11.3. The molecule has 12 heavy (non-hydrogen) atoms. The summed E-state index contributed by atoms with van der Waals surface area (Å²) < 4.78 is 4.64. The third-order valence-electron chi connectivity index (χ3n) is 3.07. The van der Waals surface area contributed by atoms with Gasteiger partial charge < -0.3 is 4.74 Å². The summed E-state index contributed by atoms with van der Waals surface area (Å²) in [6.45, 7) is 0. The molecule has 0 unspecified atom stereocenters. The third kappa shape index (κ3) is 0.958. The molecule has 2 aliphatic carbocycles. The second-order valence-electron chi connectivity index (χ2n) is 3.74. The highest BCUT2D eigenvalue weighted by molar-refractivity contribution is 5.90. The lowest BCUT2D eigenvalue weighted by molar-refractivity contribution is -0.149. The molecule has 2 fully saturated rings. The molecule has 0 aromatic rings. The molecule has 66 valence electrons. The fraction of sp³-hybridized carbons (Fsp3) is 0.778. The zero-order valence-electron chi connectivity index (χ0n) is 7.08. The van der Waals surface area contributed by atoms with E-state index in [4.69, 9.17) is 0 Å². The monoisotopic (exact) mass is 168 g/mol. The van der Waals surface area contributed by atoms with Gasteiger partial charge >= 0.3 is 5.97 Å². The Hall–Kier alpha value is -0.860. The van der Waals surface area contributed by atoms with Gasteiger partial charge in [0.25, 0.3) is 0 Å². The first-order valence-corrected chi connectivity index (χ1v) is 4.33. The Morgan fingerprint density at radius 3 is 2.75 bits per heavy atom. The van der Waals surface area contributed by atoms with Crippen LogP contribution in [0.1, 0.15) is 19.3 Å². The van der Waals surface area contributed by atoms with Gasteiger partial charge in [-0.05, 0) is 18.8 Å². The van der Waals surface area contributed by atoms with Crippen LogP contribution in [-0.4, -0.2) is 18.9 Å². The first-order valence-electron chi connectivity index (χ1n) is 4.33. The number of methoxy groups -OCH3 is 1. The lowest BCUT2D eigenvalue weighted by atomic mass is 9.88. The predicted molar refractivity (Wildman–Crippen MR) is 41.3 cm³/mol. The van der Waals surface area contributed by atoms with Gasteiger partial charge in [0.1, 0.15) is 5.78 Å². The van der Waals surface area contributed by atoms with Crippen molar-refractivity contribution in [2.45, 2.75) is 19.3 Å². The fourth-order valence-corrected chi connectivity index (χ4v) is 2.51. The normalized spacial score (nSPS) is 38.8. The van der Waals surface area contributed by atoms with E-state index in [0.717, 1.165) is 12.8 Å². The van der Waals surface area contributed by atoms with Gasteiger partial charge in [-0.3, -0.25) is 9.59 Å². The van der Waals surface area contributed by atoms with Crippen LogP contribution in [-0.2, 0) is 14.3 Å². The number of hydrogen-bond acceptors (Lipinski definition) is 3. The van der Waals surface area contributed by atoms with E-state index < -0.39 is 0 Å². The lowest BCUT2D eigenvalue weighted by Gasteiger charge is -2.17. The third-order valence-corrected chi connectivity index (χ3v) is 3.07. The Kier molecular flexibility index (Phi) is 1.67. The average Bonchev–Trinajstić information content (AvgIpc) is 2.60. The van der Waals surface area contributed by atoms with Crippen LogP contribution in [0.15, 0.2) is 0 Å². The van der Waals surface area contributed by atoms with Gasteiger partial charge in [-0.1, -0.05) is 0 Å². The van der Waals surface area contributed by atoms with Gasteiger partial charge in [0.05, 0.1) is 13.0 Å². The molecule has 2 rings (SSSR count). The zero-order valence-corrected chi connectivity index (χ0v) is 7.08. The largest absolute Gasteiger partial charge is 0.469 e. The molecular formula is C9H12O3. The van der Waals surface area contributed by atoms with Crippen molar-refractivity contribution in [3.8, 4) is 0 Å². The van der Waals surface area contributed by atoms with Crippen LogP contribution < -0.4 is 0 Å². The average molecular weight is 168 g/mol. The van der Waals surface area contributed by atoms with E-state index in [1.807, 2.05) is 0 Å². The van der Waals surface area contributed by atoms with Gasteiger partial charge in [-0.2, -0.15) is 0 Å². The van der Waals surface area contributed by atoms with Crippen LogP contribution >= 0.6 is 0 Å². The van der Waals surface area contributed by atoms with Crippen LogP contribution in [0.4, 0.5) is 0 Å². The molecule has 3 nitrogen and oxygen atoms in total. The Bertz CT molecular complexity index is 234. The standard InChI is InChI=1S/C9H12O3/c1-12-9(11)7-3-5-2-6(7)8(10)4-5/h5-7H,2-4H2,1H3/t5-,6+,7-/m1/s1. The summed E-state index contributed by atoms with van der Waals surface area (Å²) >= 11 is 0. The molecule has 2 bridgehead atoms. The molecule has 3 heteroatoms. The smallest absolute Gasteiger partial charge is 0.309 e. The molecule has 0 aromatic carbocycles. The Morgan fingerprint density at radius 2 is 2.25 bits per heavy atom. The van der Waals surface area contributed by atoms with Crippen LogP contribution in [0.25, 0.3) is 0 Å². The Balaban J connectivity index is 2.12. The Morgan fingerprint density at radius 1 is 1.50 bits per heavy atom. The first kappa shape index (κ1) is 7.77. The molecule has 2 saturated carbocycles. The van der Waals surface area contributed by atoms with E-state index in [0.29, 0.717) is 12.3 Å². The number of Topliss-reactive ketones (excluding diaryl/α,β-unsaturated/α-hetero) is 1. The fourth-order valence-electron chi connectivity index (χ4n) is 2.51. The van der Waals surface area contributed by atoms with Crippen molar-refractivity contribution in [2.24, 2.45) is 17.8 Å². The maximum Gasteiger partial charge on any atom is 0.309 e. The predicted octanol–water partition coefficient (Wildman–Crippen LogP) is 0.775. The Labute approximate surface area is 71.1 Å². The first-order chi connectivity index (χ1) is 5.72. The molecule has 0 spiro atoms. The molecule has 3 atom stereocenters. The van der Waals surface area contributed by atoms with Gasteiger partial charge in [0.15, 0.2) is 0 Å². The van der Waals surface area contributed by atoms with E-state index in [-0.39, 0.29) is 23.6 Å². The van der Waals surface area contributed by atoms with E-state index in [1.54, 1.807) is 0 Å². The number of ether oxygens (including phenoxy) is 1. The summed E-state index contributed by atoms with van der Waals surface area (Å²) in [4.78, 5) is 22.4. The molecule has 0 radical (unpaired) electrons. The van der Waals surface area contributed by atoms with Crippen molar-refractivity contribution >= 4 is 11.8 Å². The van der Waals surface area contributed by atoms with Crippen molar-refractivity contribution in [3.05, 3.63) is 0 Å². The maximum absolute atomic E-state index is 11.3. The van der Waals surface area contributed by atoms with Gasteiger partial charge in [-0.25, -0.2) is 0 Å². The van der Waals surface area contributed by atoms with Crippen molar-refractivity contribution in [1.29, 1.82) is 0 Å². The van der Waals surface area contributed by atoms with E-state index in [1.165, 1.54) is 7.11 Å². The number of carbonyl (C=O) groups is 2. The minimum atomic E-state index is -0.199. The molecule has 0 amide bonds. The highest BCUT2D eigenvalue weighted by Gasteiger charge is 2.48. The summed E-state index contributed by atoms with van der Waals surface area (Å²) in [5.74, 6) is 0.396. The second kappa shape index (κ2) is 2.57. The van der Waals surface area contributed by atoms with Crippen molar-refractivity contribution in [3.63, 3.8) is 0 Å². The number of esters is 1. The number of rotatable bonds is 1. The minimum absolute atomic E-state index is 0.0116. The molecule has 0 aliphatic heterocycles. The summed E-state index contributed by atoms with van der Waals surface area (Å²) in [5.41, 5.74) is 0. The van der Waals surface area contributed by atoms with E-state index in [2.05, 4.69) is 4.74 Å². The van der Waals surface area contributed by atoms with Crippen molar-refractivity contribution in [2.75, 3.05) is 7.11 Å². The molecule has 0 heterocycles. The summed E-state index contributed by atoms with van der Waals surface area (Å²) in [7, 11) is 1.39. The molecule has 0 aromatic heterocycles. The zero-order chi connectivity index (χ0) is 8.72. The topological polar surface area (TPSA) is 43.4 Å². The number of carbonyl (C=O) groups excluding carboxylic acids is 2. The van der Waals surface area contributed by atoms with E-state index in [9.17, 15) is 9.59 Å². The van der Waals surface area contributed by atoms with Crippen molar-refractivity contribution < 1.29 is 14.3 Å². The van der Waals surface area contributed by atoms with Crippen LogP contribution in [0.5, 0.6) is 0 Å². The van der Waals surface area contributed by atoms with Gasteiger partial charge in [0.2, 0.25) is 0 Å². The summed E-state index contributed by atoms with van der Waals surface area (Å²) in [5, 5.41) is 0. The molecule has 2 aliphatic rings. The minimum Gasteiger partial charge on any atom is -0.469 e. The van der Waals surface area contributed by atoms with Crippen molar-refractivity contribution in [1.82, 2.24) is 0 Å². The molecular weight excluding hydrogens is 156 g/mol. The SMILES string of the molecule is COC(=O)[C@@H]1C[C@@H]2CC(=O)[C@H]1C2. The summed E-state index contributed by atoms with van der Waals surface area (Å²) in [6.07, 6.45) is 2.47. The second-order valence-corrected chi connectivity index (χ2v) is 3.74. The number of hydrogen-bond donors (Lipinski definition) is 0. The van der Waals surface area contributed by atoms with Gasteiger partial charge in [0, 0.05) is 12.3 Å². The summed E-state index contributed by atoms with van der Waals surface area (Å²) in [6, 6.07) is 0. The highest BCUT2D eigenvalue weighted by atomic mass is 16.5. The van der Waals surface area contributed by atoms with Crippen LogP contribution in [0, 0.1) is 17.8 Å². The lowest BCUT2D eigenvalue weighted by Crippen LogP contribution is -2.27. The number of ketones is 1. The van der Waals surface area contributed by atoms with Crippen LogP contribution in [0.2, 0.25) is 0 Å². The molecule has 0 saturated heterocycles. The molecule has 0 N–H and O–H groups in total. The highest BCUT2D eigenvalue weighted by Crippen LogP contribution is 2.46.